The average Bonchev–Trinajstić information content (AvgIpc) is 2.39. The maximum absolute atomic E-state index is 11.0. The van der Waals surface area contributed by atoms with Crippen molar-refractivity contribution in [2.75, 3.05) is 0 Å². The Balaban J connectivity index is 2.24. The van der Waals surface area contributed by atoms with Crippen LogP contribution in [0.25, 0.3) is 0 Å². The van der Waals surface area contributed by atoms with Crippen LogP contribution in [0, 0.1) is 17.0 Å². The molecule has 0 heterocycles. The van der Waals surface area contributed by atoms with Gasteiger partial charge in [0.25, 0.3) is 5.69 Å². The Labute approximate surface area is 120 Å². The Kier molecular flexibility index (Phi) is 4.32. The second-order valence-corrected chi connectivity index (χ2v) is 5.58. The molecule has 4 heteroatoms. The molecular formula is C15H14BrNO2. The van der Waals surface area contributed by atoms with E-state index in [-0.39, 0.29) is 15.4 Å². The smallest absolute Gasteiger partial charge is 0.258 e. The second kappa shape index (κ2) is 5.97. The highest BCUT2D eigenvalue weighted by Crippen LogP contribution is 2.30. The highest BCUT2D eigenvalue weighted by atomic mass is 79.9. The number of nitrogens with zero attached hydrogens (tertiary/aromatic N) is 1. The number of aryl methyl sites for hydroxylation is 1. The highest BCUT2D eigenvalue weighted by molar-refractivity contribution is 9.09. The van der Waals surface area contributed by atoms with Gasteiger partial charge in [-0.15, -0.1) is 0 Å². The van der Waals surface area contributed by atoms with Crippen LogP contribution in [0.5, 0.6) is 0 Å². The maximum Gasteiger partial charge on any atom is 0.272 e. The van der Waals surface area contributed by atoms with Crippen LogP contribution in [-0.4, -0.2) is 4.92 Å². The fraction of sp³-hybridized carbons (Fsp3) is 0.200. The molecule has 1 unspecified atom stereocenters. The molecule has 19 heavy (non-hydrogen) atoms. The summed E-state index contributed by atoms with van der Waals surface area (Å²) < 4.78 is 0. The van der Waals surface area contributed by atoms with E-state index in [1.54, 1.807) is 12.1 Å². The third-order valence-electron chi connectivity index (χ3n) is 2.99. The Morgan fingerprint density at radius 3 is 2.63 bits per heavy atom. The van der Waals surface area contributed by atoms with Crippen molar-refractivity contribution >= 4 is 21.6 Å². The largest absolute Gasteiger partial charge is 0.272 e. The van der Waals surface area contributed by atoms with Gasteiger partial charge in [0.1, 0.15) is 0 Å². The lowest BCUT2D eigenvalue weighted by atomic mass is 10.0. The van der Waals surface area contributed by atoms with Crippen LogP contribution in [-0.2, 0) is 6.42 Å². The molecule has 2 rings (SSSR count). The second-order valence-electron chi connectivity index (χ2n) is 4.47. The van der Waals surface area contributed by atoms with Crippen LogP contribution in [0.15, 0.2) is 48.5 Å². The van der Waals surface area contributed by atoms with Gasteiger partial charge in [0, 0.05) is 16.5 Å². The van der Waals surface area contributed by atoms with E-state index in [4.69, 9.17) is 0 Å². The van der Waals surface area contributed by atoms with Crippen molar-refractivity contribution in [2.45, 2.75) is 18.2 Å². The molecule has 0 fully saturated rings. The van der Waals surface area contributed by atoms with E-state index in [9.17, 15) is 10.1 Å². The monoisotopic (exact) mass is 319 g/mol. The van der Waals surface area contributed by atoms with E-state index < -0.39 is 0 Å². The van der Waals surface area contributed by atoms with E-state index >= 15 is 0 Å². The molecule has 98 valence electrons. The summed E-state index contributed by atoms with van der Waals surface area (Å²) >= 11 is 3.62. The molecule has 0 aliphatic rings. The lowest BCUT2D eigenvalue weighted by Crippen LogP contribution is -2.00. The number of benzene rings is 2. The molecule has 0 N–H and O–H groups in total. The lowest BCUT2D eigenvalue weighted by molar-refractivity contribution is -0.385. The third kappa shape index (κ3) is 3.41. The normalized spacial score (nSPS) is 12.1. The van der Waals surface area contributed by atoms with Gasteiger partial charge in [0.05, 0.1) is 4.92 Å². The molecule has 0 bridgehead atoms. The SMILES string of the molecule is Cc1cccc(C(Br)Cc2ccccc2[N+](=O)[O-])c1. The first-order valence-electron chi connectivity index (χ1n) is 6.01. The Bertz CT molecular complexity index is 598. The average molecular weight is 320 g/mol. The molecule has 2 aromatic rings. The number of hydrogen-bond donors (Lipinski definition) is 0. The minimum absolute atomic E-state index is 0.0773. The summed E-state index contributed by atoms with van der Waals surface area (Å²) in [4.78, 5) is 10.7. The van der Waals surface area contributed by atoms with Crippen LogP contribution in [0.1, 0.15) is 21.5 Å². The summed E-state index contributed by atoms with van der Waals surface area (Å²) in [5.74, 6) is 0. The van der Waals surface area contributed by atoms with E-state index in [1.807, 2.05) is 37.3 Å². The highest BCUT2D eigenvalue weighted by Gasteiger charge is 2.16. The molecule has 0 saturated carbocycles. The van der Waals surface area contributed by atoms with Gasteiger partial charge in [0.15, 0.2) is 0 Å². The summed E-state index contributed by atoms with van der Waals surface area (Å²) in [6, 6.07) is 15.0. The van der Waals surface area contributed by atoms with Crippen LogP contribution in [0.4, 0.5) is 5.69 Å². The van der Waals surface area contributed by atoms with E-state index in [0.717, 1.165) is 11.1 Å². The molecule has 3 nitrogen and oxygen atoms in total. The molecule has 0 aliphatic heterocycles. The van der Waals surface area contributed by atoms with E-state index in [1.165, 1.54) is 5.56 Å². The van der Waals surface area contributed by atoms with Gasteiger partial charge in [-0.1, -0.05) is 64.0 Å². The first kappa shape index (κ1) is 13.7. The molecule has 0 spiro atoms. The van der Waals surface area contributed by atoms with Crippen LogP contribution in [0.2, 0.25) is 0 Å². The van der Waals surface area contributed by atoms with Crippen LogP contribution >= 0.6 is 15.9 Å². The minimum Gasteiger partial charge on any atom is -0.258 e. The molecule has 0 amide bonds. The molecule has 0 aromatic heterocycles. The van der Waals surface area contributed by atoms with Gasteiger partial charge in [0.2, 0.25) is 0 Å². The summed E-state index contributed by atoms with van der Waals surface area (Å²) in [7, 11) is 0. The number of alkyl halides is 1. The number of nitro groups is 1. The number of para-hydroxylation sites is 1. The standard InChI is InChI=1S/C15H14BrNO2/c1-11-5-4-7-12(9-11)14(16)10-13-6-2-3-8-15(13)17(18)19/h2-9,14H,10H2,1H3. The van der Waals surface area contributed by atoms with Crippen LogP contribution in [0.3, 0.4) is 0 Å². The van der Waals surface area contributed by atoms with Crippen LogP contribution < -0.4 is 0 Å². The predicted molar refractivity (Wildman–Crippen MR) is 79.6 cm³/mol. The fourth-order valence-corrected chi connectivity index (χ4v) is 2.67. The van der Waals surface area contributed by atoms with E-state index in [0.29, 0.717) is 6.42 Å². The van der Waals surface area contributed by atoms with Gasteiger partial charge in [-0.05, 0) is 18.9 Å². The van der Waals surface area contributed by atoms with Crippen molar-refractivity contribution in [3.63, 3.8) is 0 Å². The van der Waals surface area contributed by atoms with Gasteiger partial charge in [-0.25, -0.2) is 0 Å². The molecule has 0 aliphatic carbocycles. The topological polar surface area (TPSA) is 43.1 Å². The molecule has 0 saturated heterocycles. The lowest BCUT2D eigenvalue weighted by Gasteiger charge is -2.11. The molecule has 2 aromatic carbocycles. The van der Waals surface area contributed by atoms with Crippen molar-refractivity contribution in [1.29, 1.82) is 0 Å². The zero-order chi connectivity index (χ0) is 13.8. The summed E-state index contributed by atoms with van der Waals surface area (Å²) in [6.07, 6.45) is 0.598. The van der Waals surface area contributed by atoms with Gasteiger partial charge in [-0.2, -0.15) is 0 Å². The minimum atomic E-state index is -0.328. The molecular weight excluding hydrogens is 306 g/mol. The van der Waals surface area contributed by atoms with E-state index in [2.05, 4.69) is 22.0 Å². The van der Waals surface area contributed by atoms with Gasteiger partial charge < -0.3 is 0 Å². The Morgan fingerprint density at radius 2 is 1.95 bits per heavy atom. The predicted octanol–water partition coefficient (Wildman–Crippen LogP) is 4.58. The number of rotatable bonds is 4. The van der Waals surface area contributed by atoms with Crippen molar-refractivity contribution in [3.8, 4) is 0 Å². The summed E-state index contributed by atoms with van der Waals surface area (Å²) in [6.45, 7) is 2.04. The zero-order valence-corrected chi connectivity index (χ0v) is 12.1. The Morgan fingerprint density at radius 1 is 1.21 bits per heavy atom. The number of nitro benzene ring substituents is 1. The van der Waals surface area contributed by atoms with Crippen molar-refractivity contribution in [3.05, 3.63) is 75.3 Å². The Hall–Kier alpha value is -1.68. The number of halogens is 1. The summed E-state index contributed by atoms with van der Waals surface area (Å²) in [5, 5.41) is 11.0. The zero-order valence-electron chi connectivity index (χ0n) is 10.5. The first-order valence-corrected chi connectivity index (χ1v) is 6.92. The van der Waals surface area contributed by atoms with Crippen molar-refractivity contribution in [1.82, 2.24) is 0 Å². The molecule has 0 radical (unpaired) electrons. The maximum atomic E-state index is 11.0. The third-order valence-corrected chi connectivity index (χ3v) is 3.84. The fourth-order valence-electron chi connectivity index (χ4n) is 2.04. The van der Waals surface area contributed by atoms with Gasteiger partial charge in [-0.3, -0.25) is 10.1 Å². The summed E-state index contributed by atoms with van der Waals surface area (Å²) in [5.41, 5.74) is 3.25. The number of hydrogen-bond acceptors (Lipinski definition) is 2. The van der Waals surface area contributed by atoms with Gasteiger partial charge >= 0.3 is 0 Å². The quantitative estimate of drug-likeness (QED) is 0.470. The first-order chi connectivity index (χ1) is 9.08. The van der Waals surface area contributed by atoms with Crippen molar-refractivity contribution < 1.29 is 4.92 Å². The van der Waals surface area contributed by atoms with Crippen molar-refractivity contribution in [2.24, 2.45) is 0 Å². The molecule has 1 atom stereocenters.